The van der Waals surface area contributed by atoms with E-state index in [0.717, 1.165) is 16.0 Å². The van der Waals surface area contributed by atoms with E-state index in [0.29, 0.717) is 26.7 Å². The van der Waals surface area contributed by atoms with Crippen LogP contribution in [0.5, 0.6) is 17.2 Å². The molecule has 1 N–H and O–H groups in total. The molecule has 0 aliphatic heterocycles. The lowest BCUT2D eigenvalue weighted by Crippen LogP contribution is -2.13. The minimum absolute atomic E-state index is 0.331. The van der Waals surface area contributed by atoms with Gasteiger partial charge in [-0.15, -0.1) is 0 Å². The maximum absolute atomic E-state index is 12.7. The summed E-state index contributed by atoms with van der Waals surface area (Å²) < 4.78 is 17.3. The fraction of sp³-hybridized carbons (Fsp3) is 0.176. The van der Waals surface area contributed by atoms with Crippen LogP contribution in [0, 0.1) is 0 Å². The van der Waals surface area contributed by atoms with Crippen LogP contribution >= 0.6 is 27.3 Å². The summed E-state index contributed by atoms with van der Waals surface area (Å²) in [4.78, 5) is 17.1. The van der Waals surface area contributed by atoms with Crippen LogP contribution in [0.15, 0.2) is 34.8 Å². The number of thiazole rings is 1. The van der Waals surface area contributed by atoms with E-state index in [4.69, 9.17) is 14.2 Å². The Morgan fingerprint density at radius 1 is 1.08 bits per heavy atom. The van der Waals surface area contributed by atoms with Crippen molar-refractivity contribution in [3.8, 4) is 17.2 Å². The van der Waals surface area contributed by atoms with Gasteiger partial charge in [-0.3, -0.25) is 10.1 Å². The number of nitrogens with one attached hydrogen (secondary N) is 1. The van der Waals surface area contributed by atoms with Crippen LogP contribution in [-0.4, -0.2) is 32.2 Å². The molecule has 1 heterocycles. The molecule has 0 radical (unpaired) electrons. The third-order valence-electron chi connectivity index (χ3n) is 3.52. The maximum Gasteiger partial charge on any atom is 0.261 e. The van der Waals surface area contributed by atoms with Crippen molar-refractivity contribution in [3.63, 3.8) is 0 Å². The van der Waals surface area contributed by atoms with E-state index < -0.39 is 0 Å². The molecule has 3 rings (SSSR count). The highest BCUT2D eigenvalue weighted by Crippen LogP contribution is 2.35. The van der Waals surface area contributed by atoms with Crippen molar-refractivity contribution in [3.05, 3.63) is 40.4 Å². The Morgan fingerprint density at radius 3 is 2.52 bits per heavy atom. The minimum atomic E-state index is -0.331. The van der Waals surface area contributed by atoms with Gasteiger partial charge in [0.2, 0.25) is 0 Å². The quantitative estimate of drug-likeness (QED) is 0.662. The largest absolute Gasteiger partial charge is 0.497 e. The minimum Gasteiger partial charge on any atom is -0.497 e. The summed E-state index contributed by atoms with van der Waals surface area (Å²) in [5.41, 5.74) is 1.14. The Hall–Kier alpha value is -2.32. The number of carbonyl (C=O) groups is 1. The average Bonchev–Trinajstić information content (AvgIpc) is 3.01. The molecule has 6 nitrogen and oxygen atoms in total. The highest BCUT2D eigenvalue weighted by molar-refractivity contribution is 9.10. The van der Waals surface area contributed by atoms with Crippen LogP contribution in [0.3, 0.4) is 0 Å². The lowest BCUT2D eigenvalue weighted by atomic mass is 10.1. The normalized spacial score (nSPS) is 10.6. The second-order valence-electron chi connectivity index (χ2n) is 5.00. The van der Waals surface area contributed by atoms with E-state index in [2.05, 4.69) is 26.2 Å². The number of methoxy groups -OCH3 is 3. The summed E-state index contributed by atoms with van der Waals surface area (Å²) in [6.07, 6.45) is 0. The summed E-state index contributed by atoms with van der Waals surface area (Å²) in [6.45, 7) is 0. The molecular formula is C17H15BrN2O4S. The number of carbonyl (C=O) groups excluding carboxylic acids is 1. The number of hydrogen-bond donors (Lipinski definition) is 1. The third-order valence-corrected chi connectivity index (χ3v) is 5.04. The standard InChI is InChI=1S/C17H15BrN2O4S/c1-22-9-4-5-13-14(8-9)25-17(19-13)20-16(21)11-6-10(23-2)7-12(18)15(11)24-3/h4-8H,1-3H3,(H,19,20,21). The van der Waals surface area contributed by atoms with E-state index in [9.17, 15) is 4.79 Å². The van der Waals surface area contributed by atoms with Gasteiger partial charge in [-0.05, 0) is 46.3 Å². The van der Waals surface area contributed by atoms with Crippen molar-refractivity contribution in [1.29, 1.82) is 0 Å². The fourth-order valence-electron chi connectivity index (χ4n) is 2.31. The maximum atomic E-state index is 12.7. The lowest BCUT2D eigenvalue weighted by molar-refractivity contribution is 0.102. The summed E-state index contributed by atoms with van der Waals surface area (Å²) in [5, 5.41) is 3.30. The van der Waals surface area contributed by atoms with Gasteiger partial charge in [0.25, 0.3) is 5.91 Å². The summed E-state index contributed by atoms with van der Waals surface area (Å²) in [6, 6.07) is 8.92. The highest BCUT2D eigenvalue weighted by atomic mass is 79.9. The molecule has 8 heteroatoms. The average molecular weight is 423 g/mol. The number of nitrogens with zero attached hydrogens (tertiary/aromatic N) is 1. The van der Waals surface area contributed by atoms with Gasteiger partial charge in [-0.25, -0.2) is 4.98 Å². The van der Waals surface area contributed by atoms with Crippen LogP contribution in [0.25, 0.3) is 10.2 Å². The summed E-state index contributed by atoms with van der Waals surface area (Å²) >= 11 is 4.76. The molecule has 130 valence electrons. The van der Waals surface area contributed by atoms with Crippen molar-refractivity contribution in [2.24, 2.45) is 0 Å². The van der Waals surface area contributed by atoms with E-state index in [-0.39, 0.29) is 5.91 Å². The van der Waals surface area contributed by atoms with E-state index in [1.807, 2.05) is 18.2 Å². The van der Waals surface area contributed by atoms with Gasteiger partial charge >= 0.3 is 0 Å². The van der Waals surface area contributed by atoms with E-state index in [1.165, 1.54) is 25.6 Å². The molecule has 0 fully saturated rings. The molecule has 0 spiro atoms. The van der Waals surface area contributed by atoms with Gasteiger partial charge in [-0.2, -0.15) is 0 Å². The van der Waals surface area contributed by atoms with Crippen molar-refractivity contribution >= 4 is 48.5 Å². The van der Waals surface area contributed by atoms with E-state index >= 15 is 0 Å². The number of amides is 1. The van der Waals surface area contributed by atoms with Gasteiger partial charge in [-0.1, -0.05) is 11.3 Å². The smallest absolute Gasteiger partial charge is 0.261 e. The van der Waals surface area contributed by atoms with Crippen molar-refractivity contribution in [2.45, 2.75) is 0 Å². The Balaban J connectivity index is 1.93. The van der Waals surface area contributed by atoms with Crippen molar-refractivity contribution in [2.75, 3.05) is 26.6 Å². The number of hydrogen-bond acceptors (Lipinski definition) is 6. The van der Waals surface area contributed by atoms with E-state index in [1.54, 1.807) is 19.2 Å². The van der Waals surface area contributed by atoms with Crippen LogP contribution in [0.2, 0.25) is 0 Å². The number of fused-ring (bicyclic) bond motifs is 1. The summed E-state index contributed by atoms with van der Waals surface area (Å²) in [7, 11) is 4.65. The molecule has 0 aliphatic rings. The molecule has 3 aromatic rings. The van der Waals surface area contributed by atoms with Gasteiger partial charge in [0, 0.05) is 0 Å². The molecule has 0 bridgehead atoms. The van der Waals surface area contributed by atoms with Gasteiger partial charge < -0.3 is 14.2 Å². The molecule has 0 saturated carbocycles. The predicted molar refractivity (Wildman–Crippen MR) is 101 cm³/mol. The molecule has 1 aromatic heterocycles. The molecule has 0 aliphatic carbocycles. The highest BCUT2D eigenvalue weighted by Gasteiger charge is 2.19. The van der Waals surface area contributed by atoms with Crippen LogP contribution in [0.1, 0.15) is 10.4 Å². The third kappa shape index (κ3) is 3.54. The number of benzene rings is 2. The molecule has 25 heavy (non-hydrogen) atoms. The molecule has 0 atom stereocenters. The molecule has 1 amide bonds. The first kappa shape index (κ1) is 17.5. The second kappa shape index (κ2) is 7.28. The van der Waals surface area contributed by atoms with Crippen LogP contribution in [-0.2, 0) is 0 Å². The first-order valence-electron chi connectivity index (χ1n) is 7.23. The number of anilines is 1. The predicted octanol–water partition coefficient (Wildman–Crippen LogP) is 4.34. The molecule has 0 unspecified atom stereocenters. The zero-order valence-electron chi connectivity index (χ0n) is 13.8. The first-order chi connectivity index (χ1) is 12.0. The van der Waals surface area contributed by atoms with Gasteiger partial charge in [0.15, 0.2) is 5.13 Å². The molecule has 0 saturated heterocycles. The van der Waals surface area contributed by atoms with Crippen LogP contribution in [0.4, 0.5) is 5.13 Å². The Morgan fingerprint density at radius 2 is 1.84 bits per heavy atom. The van der Waals surface area contributed by atoms with Crippen molar-refractivity contribution < 1.29 is 19.0 Å². The zero-order chi connectivity index (χ0) is 18.0. The summed E-state index contributed by atoms with van der Waals surface area (Å²) in [5.74, 6) is 1.39. The van der Waals surface area contributed by atoms with Gasteiger partial charge in [0.1, 0.15) is 17.2 Å². The van der Waals surface area contributed by atoms with Gasteiger partial charge in [0.05, 0.1) is 41.6 Å². The topological polar surface area (TPSA) is 69.7 Å². The number of halogens is 1. The monoisotopic (exact) mass is 422 g/mol. The first-order valence-corrected chi connectivity index (χ1v) is 8.84. The molecule has 2 aromatic carbocycles. The van der Waals surface area contributed by atoms with Crippen molar-refractivity contribution in [1.82, 2.24) is 4.98 Å². The zero-order valence-corrected chi connectivity index (χ0v) is 16.2. The SMILES string of the molecule is COc1cc(Br)c(OC)c(C(=O)Nc2nc3ccc(OC)cc3s2)c1. The number of rotatable bonds is 5. The Bertz CT molecular complexity index is 942. The molecular weight excluding hydrogens is 408 g/mol. The van der Waals surface area contributed by atoms with Crippen LogP contribution < -0.4 is 19.5 Å². The number of aromatic nitrogens is 1. The Kier molecular flexibility index (Phi) is 5.10. The number of ether oxygens (including phenoxy) is 3. The lowest BCUT2D eigenvalue weighted by Gasteiger charge is -2.12. The fourth-order valence-corrected chi connectivity index (χ4v) is 3.80. The second-order valence-corrected chi connectivity index (χ2v) is 6.88. The Labute approximate surface area is 156 Å².